The summed E-state index contributed by atoms with van der Waals surface area (Å²) in [7, 11) is 1.80. The fourth-order valence-electron chi connectivity index (χ4n) is 2.92. The average molecular weight is 261 g/mol. The number of likely N-dealkylation sites (N-methyl/N-ethyl adjacent to an activating group) is 1. The van der Waals surface area contributed by atoms with Gasteiger partial charge < -0.3 is 10.1 Å². The molecule has 1 N–H and O–H groups in total. The standard InChI is InChI=1S/C17H27NO/c1-5-18-16(17(2,3)19-4)15-12-7-6-11-14(15)13-9-8-10-13/h6-7,11-13,16,18H,5,8-10H2,1-4H3. The van der Waals surface area contributed by atoms with Crippen LogP contribution in [0.15, 0.2) is 24.3 Å². The Morgan fingerprint density at radius 2 is 2.00 bits per heavy atom. The van der Waals surface area contributed by atoms with Crippen LogP contribution in [0.5, 0.6) is 0 Å². The van der Waals surface area contributed by atoms with Gasteiger partial charge in [0.1, 0.15) is 0 Å². The number of rotatable bonds is 6. The van der Waals surface area contributed by atoms with Crippen LogP contribution in [-0.4, -0.2) is 19.3 Å². The van der Waals surface area contributed by atoms with Crippen molar-refractivity contribution in [2.45, 2.75) is 57.6 Å². The Bertz CT molecular complexity index is 409. The zero-order valence-corrected chi connectivity index (χ0v) is 12.7. The van der Waals surface area contributed by atoms with Crippen LogP contribution >= 0.6 is 0 Å². The predicted molar refractivity (Wildman–Crippen MR) is 80.5 cm³/mol. The third kappa shape index (κ3) is 3.01. The highest BCUT2D eigenvalue weighted by Gasteiger charge is 2.33. The maximum Gasteiger partial charge on any atom is 0.0816 e. The molecule has 1 unspecified atom stereocenters. The summed E-state index contributed by atoms with van der Waals surface area (Å²) in [6, 6.07) is 9.13. The number of hydrogen-bond donors (Lipinski definition) is 1. The zero-order chi connectivity index (χ0) is 13.9. The Kier molecular flexibility index (Phi) is 4.64. The fourth-order valence-corrected chi connectivity index (χ4v) is 2.92. The van der Waals surface area contributed by atoms with E-state index in [2.05, 4.69) is 50.4 Å². The molecule has 1 aromatic carbocycles. The number of ether oxygens (including phenoxy) is 1. The molecule has 2 heteroatoms. The van der Waals surface area contributed by atoms with E-state index in [0.717, 1.165) is 12.5 Å². The van der Waals surface area contributed by atoms with Crippen molar-refractivity contribution in [2.24, 2.45) is 0 Å². The highest BCUT2D eigenvalue weighted by atomic mass is 16.5. The number of benzene rings is 1. The Hall–Kier alpha value is -0.860. The summed E-state index contributed by atoms with van der Waals surface area (Å²) in [4.78, 5) is 0. The SMILES string of the molecule is CCNC(c1ccccc1C1CCC1)C(C)(C)OC. The molecule has 2 rings (SSSR count). The van der Waals surface area contributed by atoms with Gasteiger partial charge >= 0.3 is 0 Å². The van der Waals surface area contributed by atoms with Gasteiger partial charge in [0, 0.05) is 7.11 Å². The van der Waals surface area contributed by atoms with Gasteiger partial charge in [-0.3, -0.25) is 0 Å². The van der Waals surface area contributed by atoms with Crippen LogP contribution in [-0.2, 0) is 4.74 Å². The fraction of sp³-hybridized carbons (Fsp3) is 0.647. The van der Waals surface area contributed by atoms with Crippen molar-refractivity contribution >= 4 is 0 Å². The summed E-state index contributed by atoms with van der Waals surface area (Å²) >= 11 is 0. The maximum absolute atomic E-state index is 5.73. The molecule has 0 radical (unpaired) electrons. The van der Waals surface area contributed by atoms with Gasteiger partial charge in [-0.15, -0.1) is 0 Å². The van der Waals surface area contributed by atoms with Crippen molar-refractivity contribution in [3.63, 3.8) is 0 Å². The Morgan fingerprint density at radius 3 is 2.53 bits per heavy atom. The molecule has 1 aliphatic rings. The number of methoxy groups -OCH3 is 1. The molecule has 106 valence electrons. The molecular weight excluding hydrogens is 234 g/mol. The summed E-state index contributed by atoms with van der Waals surface area (Å²) in [5, 5.41) is 3.61. The third-order valence-corrected chi connectivity index (χ3v) is 4.48. The quantitative estimate of drug-likeness (QED) is 0.834. The average Bonchev–Trinajstić information content (AvgIpc) is 2.35. The second-order valence-corrected chi connectivity index (χ2v) is 6.06. The van der Waals surface area contributed by atoms with Gasteiger partial charge in [-0.2, -0.15) is 0 Å². The van der Waals surface area contributed by atoms with Gasteiger partial charge in [0.05, 0.1) is 11.6 Å². The molecule has 0 aliphatic heterocycles. The Balaban J connectivity index is 2.35. The lowest BCUT2D eigenvalue weighted by Gasteiger charge is -2.37. The predicted octanol–water partition coefficient (Wildman–Crippen LogP) is 4.03. The second-order valence-electron chi connectivity index (χ2n) is 6.06. The summed E-state index contributed by atoms with van der Waals surface area (Å²) in [5.41, 5.74) is 2.74. The summed E-state index contributed by atoms with van der Waals surface area (Å²) < 4.78 is 5.73. The molecule has 0 aromatic heterocycles. The van der Waals surface area contributed by atoms with Crippen molar-refractivity contribution in [1.29, 1.82) is 0 Å². The molecule has 1 aromatic rings. The van der Waals surface area contributed by atoms with E-state index in [4.69, 9.17) is 4.74 Å². The highest BCUT2D eigenvalue weighted by molar-refractivity contribution is 5.35. The monoisotopic (exact) mass is 261 g/mol. The molecule has 0 amide bonds. The van der Waals surface area contributed by atoms with E-state index in [1.807, 2.05) is 0 Å². The molecule has 2 nitrogen and oxygen atoms in total. The van der Waals surface area contributed by atoms with Crippen molar-refractivity contribution in [1.82, 2.24) is 5.32 Å². The van der Waals surface area contributed by atoms with E-state index in [1.54, 1.807) is 7.11 Å². The van der Waals surface area contributed by atoms with Crippen LogP contribution in [0.25, 0.3) is 0 Å². The largest absolute Gasteiger partial charge is 0.377 e. The first-order valence-corrected chi connectivity index (χ1v) is 7.47. The van der Waals surface area contributed by atoms with Gasteiger partial charge in [-0.1, -0.05) is 37.6 Å². The van der Waals surface area contributed by atoms with Gasteiger partial charge in [-0.25, -0.2) is 0 Å². The molecule has 1 atom stereocenters. The van der Waals surface area contributed by atoms with E-state index < -0.39 is 0 Å². The van der Waals surface area contributed by atoms with Crippen molar-refractivity contribution in [2.75, 3.05) is 13.7 Å². The van der Waals surface area contributed by atoms with Gasteiger partial charge in [0.25, 0.3) is 0 Å². The lowest BCUT2D eigenvalue weighted by molar-refractivity contribution is -0.0111. The Labute approximate surface area is 117 Å². The summed E-state index contributed by atoms with van der Waals surface area (Å²) in [5.74, 6) is 0.755. The third-order valence-electron chi connectivity index (χ3n) is 4.48. The van der Waals surface area contributed by atoms with E-state index >= 15 is 0 Å². The van der Waals surface area contributed by atoms with Crippen molar-refractivity contribution in [3.8, 4) is 0 Å². The van der Waals surface area contributed by atoms with E-state index in [1.165, 1.54) is 30.4 Å². The van der Waals surface area contributed by atoms with E-state index in [9.17, 15) is 0 Å². The van der Waals surface area contributed by atoms with Crippen LogP contribution < -0.4 is 5.32 Å². The topological polar surface area (TPSA) is 21.3 Å². The summed E-state index contributed by atoms with van der Waals surface area (Å²) in [6.45, 7) is 7.44. The molecular formula is C17H27NO. The van der Waals surface area contributed by atoms with Crippen molar-refractivity contribution in [3.05, 3.63) is 35.4 Å². The molecule has 0 bridgehead atoms. The minimum Gasteiger partial charge on any atom is -0.377 e. The minimum atomic E-state index is -0.199. The molecule has 0 spiro atoms. The molecule has 0 saturated heterocycles. The zero-order valence-electron chi connectivity index (χ0n) is 12.7. The normalized spacial score (nSPS) is 18.1. The number of hydrogen-bond acceptors (Lipinski definition) is 2. The van der Waals surface area contributed by atoms with E-state index in [-0.39, 0.29) is 11.6 Å². The van der Waals surface area contributed by atoms with Crippen LogP contribution in [0.1, 0.15) is 63.1 Å². The lowest BCUT2D eigenvalue weighted by Crippen LogP contribution is -2.41. The smallest absolute Gasteiger partial charge is 0.0816 e. The van der Waals surface area contributed by atoms with E-state index in [0.29, 0.717) is 0 Å². The lowest BCUT2D eigenvalue weighted by atomic mass is 9.75. The molecule has 19 heavy (non-hydrogen) atoms. The first kappa shape index (κ1) is 14.5. The first-order chi connectivity index (χ1) is 9.10. The van der Waals surface area contributed by atoms with Gasteiger partial charge in [-0.05, 0) is 50.3 Å². The maximum atomic E-state index is 5.73. The molecule has 1 fully saturated rings. The second kappa shape index (κ2) is 6.06. The van der Waals surface area contributed by atoms with Crippen LogP contribution in [0.2, 0.25) is 0 Å². The molecule has 1 saturated carbocycles. The van der Waals surface area contributed by atoms with Crippen molar-refractivity contribution < 1.29 is 4.74 Å². The minimum absolute atomic E-state index is 0.199. The Morgan fingerprint density at radius 1 is 1.32 bits per heavy atom. The van der Waals surface area contributed by atoms with Crippen LogP contribution in [0, 0.1) is 0 Å². The highest BCUT2D eigenvalue weighted by Crippen LogP contribution is 2.41. The van der Waals surface area contributed by atoms with Crippen LogP contribution in [0.4, 0.5) is 0 Å². The summed E-state index contributed by atoms with van der Waals surface area (Å²) in [6.07, 6.45) is 4.05. The molecule has 0 heterocycles. The van der Waals surface area contributed by atoms with Gasteiger partial charge in [0.15, 0.2) is 0 Å². The molecule has 1 aliphatic carbocycles. The number of nitrogens with one attached hydrogen (secondary N) is 1. The van der Waals surface area contributed by atoms with Gasteiger partial charge in [0.2, 0.25) is 0 Å². The van der Waals surface area contributed by atoms with Crippen LogP contribution in [0.3, 0.4) is 0 Å². The first-order valence-electron chi connectivity index (χ1n) is 7.47.